The van der Waals surface area contributed by atoms with Crippen LogP contribution in [0, 0.1) is 5.92 Å². The fraction of sp³-hybridized carbons (Fsp3) is 0.278. The van der Waals surface area contributed by atoms with Crippen LogP contribution in [0.3, 0.4) is 0 Å². The van der Waals surface area contributed by atoms with Crippen LogP contribution in [-0.4, -0.2) is 23.2 Å². The number of benzene rings is 1. The summed E-state index contributed by atoms with van der Waals surface area (Å²) in [5.74, 6) is -0.502. The quantitative estimate of drug-likeness (QED) is 0.661. The van der Waals surface area contributed by atoms with E-state index in [0.29, 0.717) is 10.8 Å². The number of nitrogens with one attached hydrogen (secondary N) is 1. The molecule has 5 nitrogen and oxygen atoms in total. The summed E-state index contributed by atoms with van der Waals surface area (Å²) in [5, 5.41) is 12.8. The van der Waals surface area contributed by atoms with Gasteiger partial charge in [-0.25, -0.2) is 10.2 Å². The van der Waals surface area contributed by atoms with Crippen molar-refractivity contribution in [1.82, 2.24) is 5.43 Å². The van der Waals surface area contributed by atoms with Crippen molar-refractivity contribution in [3.8, 4) is 0 Å². The summed E-state index contributed by atoms with van der Waals surface area (Å²) < 4.78 is 0. The number of carboxylic acids is 1. The van der Waals surface area contributed by atoms with Gasteiger partial charge in [-0.15, -0.1) is 11.3 Å². The molecular weight excluding hydrogens is 324 g/mol. The van der Waals surface area contributed by atoms with Crippen LogP contribution in [0.2, 0.25) is 0 Å². The molecule has 1 amide bonds. The third-order valence-electron chi connectivity index (χ3n) is 4.09. The van der Waals surface area contributed by atoms with Crippen molar-refractivity contribution in [2.75, 3.05) is 0 Å². The molecule has 3 rings (SSSR count). The summed E-state index contributed by atoms with van der Waals surface area (Å²) in [6.07, 6.45) is 4.77. The number of carbonyl (C=O) groups is 2. The van der Waals surface area contributed by atoms with Gasteiger partial charge in [-0.3, -0.25) is 4.79 Å². The molecule has 1 aliphatic rings. The third kappa shape index (κ3) is 3.71. The van der Waals surface area contributed by atoms with E-state index in [1.807, 2.05) is 6.07 Å². The molecule has 1 aliphatic carbocycles. The summed E-state index contributed by atoms with van der Waals surface area (Å²) >= 11 is 1.55. The number of carboxylic acid groups (broad SMARTS) is 1. The Balaban J connectivity index is 1.62. The minimum atomic E-state index is -0.970. The lowest BCUT2D eigenvalue weighted by atomic mass is 9.90. The Morgan fingerprint density at radius 2 is 2.08 bits per heavy atom. The molecule has 0 radical (unpaired) electrons. The van der Waals surface area contributed by atoms with Gasteiger partial charge in [0.1, 0.15) is 0 Å². The van der Waals surface area contributed by atoms with Gasteiger partial charge < -0.3 is 5.11 Å². The molecule has 6 heteroatoms. The highest BCUT2D eigenvalue weighted by atomic mass is 32.1. The maximum Gasteiger partial charge on any atom is 0.335 e. The van der Waals surface area contributed by atoms with Crippen LogP contribution < -0.4 is 5.43 Å². The Hall–Kier alpha value is -2.47. The molecule has 1 atom stereocenters. The van der Waals surface area contributed by atoms with Gasteiger partial charge >= 0.3 is 5.97 Å². The van der Waals surface area contributed by atoms with Crippen LogP contribution in [0.4, 0.5) is 0 Å². The van der Waals surface area contributed by atoms with E-state index < -0.39 is 5.97 Å². The van der Waals surface area contributed by atoms with Gasteiger partial charge in [0.05, 0.1) is 16.7 Å². The number of hydrazone groups is 1. The first-order chi connectivity index (χ1) is 11.5. The number of carbonyl (C=O) groups excluding carboxylic acids is 1. The molecule has 1 aromatic heterocycles. The average molecular weight is 342 g/mol. The number of aryl methyl sites for hydroxylation is 1. The predicted octanol–water partition coefficient (Wildman–Crippen LogP) is 3.34. The zero-order valence-corrected chi connectivity index (χ0v) is 14.1. The second-order valence-electron chi connectivity index (χ2n) is 6.03. The molecule has 2 N–H and O–H groups in total. The standard InChI is InChI=1S/C18H18N2O3S/c1-11-2-7-15-14(8-11)9-16(24-15)17(21)20-19-10-12-3-5-13(6-4-12)18(22)23/h3-6,9-11H,2,7-8H2,1H3,(H,20,21)(H,22,23). The molecule has 0 saturated carbocycles. The molecule has 0 bridgehead atoms. The molecule has 1 heterocycles. The summed E-state index contributed by atoms with van der Waals surface area (Å²) in [5.41, 5.74) is 4.76. The monoisotopic (exact) mass is 342 g/mol. The molecule has 0 fully saturated rings. The summed E-state index contributed by atoms with van der Waals surface area (Å²) in [4.78, 5) is 25.0. The van der Waals surface area contributed by atoms with Gasteiger partial charge in [0, 0.05) is 4.88 Å². The largest absolute Gasteiger partial charge is 0.478 e. The predicted molar refractivity (Wildman–Crippen MR) is 94.0 cm³/mol. The second kappa shape index (κ2) is 6.97. The van der Waals surface area contributed by atoms with Crippen LogP contribution in [0.1, 0.15) is 49.4 Å². The maximum atomic E-state index is 12.2. The van der Waals surface area contributed by atoms with Gasteiger partial charge in [-0.2, -0.15) is 5.10 Å². The van der Waals surface area contributed by atoms with Gasteiger partial charge in [-0.05, 0) is 54.5 Å². The van der Waals surface area contributed by atoms with Gasteiger partial charge in [0.25, 0.3) is 5.91 Å². The molecule has 0 saturated heterocycles. The molecule has 2 aromatic rings. The molecule has 0 aliphatic heterocycles. The van der Waals surface area contributed by atoms with E-state index in [4.69, 9.17) is 5.11 Å². The Morgan fingerprint density at radius 3 is 2.79 bits per heavy atom. The first-order valence-electron chi connectivity index (χ1n) is 7.81. The summed E-state index contributed by atoms with van der Waals surface area (Å²) in [6, 6.07) is 8.26. The molecule has 1 aromatic carbocycles. The normalized spacial score (nSPS) is 16.8. The highest BCUT2D eigenvalue weighted by Gasteiger charge is 2.20. The van der Waals surface area contributed by atoms with Gasteiger partial charge in [-0.1, -0.05) is 19.1 Å². The van der Waals surface area contributed by atoms with Crippen LogP contribution in [0.5, 0.6) is 0 Å². The summed E-state index contributed by atoms with van der Waals surface area (Å²) in [6.45, 7) is 2.24. The third-order valence-corrected chi connectivity index (χ3v) is 5.33. The number of aromatic carboxylic acids is 1. The van der Waals surface area contributed by atoms with E-state index in [1.54, 1.807) is 23.5 Å². The zero-order valence-electron chi connectivity index (χ0n) is 13.3. The number of fused-ring (bicyclic) bond motifs is 1. The summed E-state index contributed by atoms with van der Waals surface area (Å²) in [7, 11) is 0. The van der Waals surface area contributed by atoms with Gasteiger partial charge in [0.2, 0.25) is 0 Å². The second-order valence-corrected chi connectivity index (χ2v) is 7.17. The number of hydrogen-bond donors (Lipinski definition) is 2. The zero-order chi connectivity index (χ0) is 17.1. The number of thiophene rings is 1. The van der Waals surface area contributed by atoms with Crippen molar-refractivity contribution in [2.45, 2.75) is 26.2 Å². The number of amides is 1. The topological polar surface area (TPSA) is 78.8 Å². The Morgan fingerprint density at radius 1 is 1.33 bits per heavy atom. The molecule has 0 spiro atoms. The van der Waals surface area contributed by atoms with Crippen LogP contribution in [-0.2, 0) is 12.8 Å². The smallest absolute Gasteiger partial charge is 0.335 e. The molecule has 124 valence electrons. The molecule has 24 heavy (non-hydrogen) atoms. The highest BCUT2D eigenvalue weighted by Crippen LogP contribution is 2.32. The van der Waals surface area contributed by atoms with Crippen molar-refractivity contribution in [2.24, 2.45) is 11.0 Å². The van der Waals surface area contributed by atoms with E-state index in [9.17, 15) is 9.59 Å². The lowest BCUT2D eigenvalue weighted by Crippen LogP contribution is -2.16. The van der Waals surface area contributed by atoms with E-state index in [2.05, 4.69) is 17.5 Å². The number of nitrogens with zero attached hydrogens (tertiary/aromatic N) is 1. The van der Waals surface area contributed by atoms with E-state index in [-0.39, 0.29) is 11.5 Å². The Kier molecular flexibility index (Phi) is 4.76. The Bertz CT molecular complexity index is 793. The number of hydrogen-bond acceptors (Lipinski definition) is 4. The van der Waals surface area contributed by atoms with Crippen molar-refractivity contribution in [1.29, 1.82) is 0 Å². The Labute approximate surface area is 144 Å². The highest BCUT2D eigenvalue weighted by molar-refractivity contribution is 7.14. The minimum absolute atomic E-state index is 0.208. The van der Waals surface area contributed by atoms with E-state index >= 15 is 0 Å². The molecular formula is C18H18N2O3S. The van der Waals surface area contributed by atoms with Crippen LogP contribution >= 0.6 is 11.3 Å². The van der Waals surface area contributed by atoms with E-state index in [1.165, 1.54) is 35.2 Å². The van der Waals surface area contributed by atoms with Crippen molar-refractivity contribution >= 4 is 29.4 Å². The first-order valence-corrected chi connectivity index (χ1v) is 8.63. The van der Waals surface area contributed by atoms with Crippen LogP contribution in [0.25, 0.3) is 0 Å². The van der Waals surface area contributed by atoms with Crippen molar-refractivity contribution in [3.63, 3.8) is 0 Å². The average Bonchev–Trinajstić information content (AvgIpc) is 2.98. The van der Waals surface area contributed by atoms with Gasteiger partial charge in [0.15, 0.2) is 0 Å². The van der Waals surface area contributed by atoms with Crippen LogP contribution in [0.15, 0.2) is 35.4 Å². The fourth-order valence-corrected chi connectivity index (χ4v) is 3.85. The lowest BCUT2D eigenvalue weighted by Gasteiger charge is -2.16. The first kappa shape index (κ1) is 16.4. The van der Waals surface area contributed by atoms with Crippen molar-refractivity contribution in [3.05, 3.63) is 56.8 Å². The number of rotatable bonds is 4. The molecule has 1 unspecified atom stereocenters. The lowest BCUT2D eigenvalue weighted by molar-refractivity contribution is 0.0696. The SMILES string of the molecule is CC1CCc2sc(C(=O)NN=Cc3ccc(C(=O)O)cc3)cc2C1. The van der Waals surface area contributed by atoms with Crippen molar-refractivity contribution < 1.29 is 14.7 Å². The van der Waals surface area contributed by atoms with E-state index in [0.717, 1.165) is 18.4 Å². The fourth-order valence-electron chi connectivity index (χ4n) is 2.75. The minimum Gasteiger partial charge on any atom is -0.478 e. The maximum absolute atomic E-state index is 12.2.